The molecule has 0 spiro atoms. The van der Waals surface area contributed by atoms with Crippen molar-refractivity contribution in [1.82, 2.24) is 10.2 Å². The van der Waals surface area contributed by atoms with E-state index in [1.807, 2.05) is 42.1 Å². The van der Waals surface area contributed by atoms with Gasteiger partial charge in [0.05, 0.1) is 6.54 Å². The smallest absolute Gasteiger partial charge is 0.193 e. The first-order valence-corrected chi connectivity index (χ1v) is 9.79. The maximum absolute atomic E-state index is 6.07. The number of aliphatic imine (C=N–C) groups is 1. The Balaban J connectivity index is 1.85. The van der Waals surface area contributed by atoms with Gasteiger partial charge >= 0.3 is 0 Å². The number of ether oxygens (including phenoxy) is 1. The van der Waals surface area contributed by atoms with Crippen LogP contribution in [0.4, 0.5) is 0 Å². The van der Waals surface area contributed by atoms with E-state index in [1.54, 1.807) is 0 Å². The molecule has 1 fully saturated rings. The van der Waals surface area contributed by atoms with Gasteiger partial charge in [0.25, 0.3) is 0 Å². The summed E-state index contributed by atoms with van der Waals surface area (Å²) in [4.78, 5) is 7.15. The summed E-state index contributed by atoms with van der Waals surface area (Å²) in [7, 11) is 0. The van der Waals surface area contributed by atoms with Crippen LogP contribution in [-0.4, -0.2) is 54.6 Å². The number of para-hydroxylation sites is 1. The number of benzene rings is 1. The largest absolute Gasteiger partial charge is 0.490 e. The molecule has 23 heavy (non-hydrogen) atoms. The SMILES string of the molecule is CCNC(=NCC(C)SC)N1CCC(Oc2ccccc2)CC1. The molecule has 4 nitrogen and oxygen atoms in total. The predicted octanol–water partition coefficient (Wildman–Crippen LogP) is 3.25. The van der Waals surface area contributed by atoms with Crippen molar-refractivity contribution in [1.29, 1.82) is 0 Å². The minimum atomic E-state index is 0.307. The second kappa shape index (κ2) is 9.71. The van der Waals surface area contributed by atoms with E-state index in [0.29, 0.717) is 11.4 Å². The van der Waals surface area contributed by atoms with Crippen LogP contribution in [0, 0.1) is 0 Å². The van der Waals surface area contributed by atoms with Gasteiger partial charge < -0.3 is 15.0 Å². The van der Waals surface area contributed by atoms with Crippen molar-refractivity contribution < 1.29 is 4.74 Å². The number of likely N-dealkylation sites (tertiary alicyclic amines) is 1. The van der Waals surface area contributed by atoms with Crippen LogP contribution in [-0.2, 0) is 0 Å². The number of nitrogens with one attached hydrogen (secondary N) is 1. The van der Waals surface area contributed by atoms with E-state index < -0.39 is 0 Å². The molecule has 1 aliphatic rings. The standard InChI is InChI=1S/C18H29N3OS/c1-4-19-18(20-14-15(2)23-3)21-12-10-17(11-13-21)22-16-8-6-5-7-9-16/h5-9,15,17H,4,10-14H2,1-3H3,(H,19,20). The summed E-state index contributed by atoms with van der Waals surface area (Å²) in [6, 6.07) is 10.1. The van der Waals surface area contributed by atoms with E-state index in [1.165, 1.54) is 0 Å². The molecule has 1 aromatic carbocycles. The summed E-state index contributed by atoms with van der Waals surface area (Å²) >= 11 is 1.86. The zero-order valence-corrected chi connectivity index (χ0v) is 15.3. The van der Waals surface area contributed by atoms with Crippen LogP contribution in [0.25, 0.3) is 0 Å². The number of hydrogen-bond acceptors (Lipinski definition) is 3. The van der Waals surface area contributed by atoms with Gasteiger partial charge in [0, 0.05) is 37.7 Å². The van der Waals surface area contributed by atoms with Gasteiger partial charge in [-0.2, -0.15) is 11.8 Å². The third-order valence-corrected chi connectivity index (χ3v) is 4.98. The second-order valence-electron chi connectivity index (χ2n) is 5.86. The van der Waals surface area contributed by atoms with Crippen molar-refractivity contribution in [2.45, 2.75) is 38.0 Å². The zero-order chi connectivity index (χ0) is 16.5. The Morgan fingerprint density at radius 2 is 2.04 bits per heavy atom. The molecule has 128 valence electrons. The Labute approximate surface area is 144 Å². The first kappa shape index (κ1) is 18.0. The molecule has 1 atom stereocenters. The van der Waals surface area contributed by atoms with Gasteiger partial charge in [0.15, 0.2) is 5.96 Å². The third-order valence-electron chi connectivity index (χ3n) is 4.02. The molecule has 5 heteroatoms. The topological polar surface area (TPSA) is 36.9 Å². The summed E-state index contributed by atoms with van der Waals surface area (Å²) in [6.07, 6.45) is 4.52. The van der Waals surface area contributed by atoms with Crippen molar-refractivity contribution >= 4 is 17.7 Å². The molecule has 0 aromatic heterocycles. The van der Waals surface area contributed by atoms with Crippen molar-refractivity contribution in [3.63, 3.8) is 0 Å². The second-order valence-corrected chi connectivity index (χ2v) is 7.13. The molecule has 1 saturated heterocycles. The summed E-state index contributed by atoms with van der Waals surface area (Å²) < 4.78 is 6.07. The predicted molar refractivity (Wildman–Crippen MR) is 101 cm³/mol. The Hall–Kier alpha value is -1.36. The van der Waals surface area contributed by atoms with E-state index in [9.17, 15) is 0 Å². The van der Waals surface area contributed by atoms with E-state index in [0.717, 1.165) is 50.7 Å². The number of thioether (sulfide) groups is 1. The molecule has 1 aromatic rings. The number of piperidine rings is 1. The van der Waals surface area contributed by atoms with Crippen LogP contribution in [0.3, 0.4) is 0 Å². The van der Waals surface area contributed by atoms with Crippen molar-refractivity contribution in [3.05, 3.63) is 30.3 Å². The van der Waals surface area contributed by atoms with Gasteiger partial charge in [-0.25, -0.2) is 0 Å². The first-order chi connectivity index (χ1) is 11.2. The number of hydrogen-bond donors (Lipinski definition) is 1. The van der Waals surface area contributed by atoms with Crippen molar-refractivity contribution in [2.24, 2.45) is 4.99 Å². The lowest BCUT2D eigenvalue weighted by molar-refractivity contribution is 0.129. The van der Waals surface area contributed by atoms with E-state index in [2.05, 4.69) is 30.3 Å². The maximum atomic E-state index is 6.07. The Kier molecular flexibility index (Phi) is 7.59. The third kappa shape index (κ3) is 5.98. The van der Waals surface area contributed by atoms with Gasteiger partial charge in [-0.15, -0.1) is 0 Å². The maximum Gasteiger partial charge on any atom is 0.193 e. The molecule has 2 rings (SSSR count). The molecular formula is C18H29N3OS. The quantitative estimate of drug-likeness (QED) is 0.640. The molecule has 0 radical (unpaired) electrons. The number of guanidine groups is 1. The summed E-state index contributed by atoms with van der Waals surface area (Å²) in [6.45, 7) is 8.11. The zero-order valence-electron chi connectivity index (χ0n) is 14.5. The van der Waals surface area contributed by atoms with E-state index in [-0.39, 0.29) is 0 Å². The fourth-order valence-corrected chi connectivity index (χ4v) is 2.82. The van der Waals surface area contributed by atoms with Crippen LogP contribution in [0.1, 0.15) is 26.7 Å². The summed E-state index contributed by atoms with van der Waals surface area (Å²) in [5, 5.41) is 3.98. The molecule has 1 N–H and O–H groups in total. The minimum Gasteiger partial charge on any atom is -0.490 e. The molecule has 1 unspecified atom stereocenters. The van der Waals surface area contributed by atoms with Gasteiger partial charge in [-0.05, 0) is 25.3 Å². The Morgan fingerprint density at radius 1 is 1.35 bits per heavy atom. The summed E-state index contributed by atoms with van der Waals surface area (Å²) in [5.41, 5.74) is 0. The average molecular weight is 336 g/mol. The Morgan fingerprint density at radius 3 is 2.65 bits per heavy atom. The highest BCUT2D eigenvalue weighted by atomic mass is 32.2. The molecule has 0 amide bonds. The monoisotopic (exact) mass is 335 g/mol. The van der Waals surface area contributed by atoms with E-state index in [4.69, 9.17) is 9.73 Å². The van der Waals surface area contributed by atoms with Gasteiger partial charge in [-0.3, -0.25) is 4.99 Å². The molecule has 0 bridgehead atoms. The molecule has 0 aliphatic carbocycles. The molecule has 1 heterocycles. The van der Waals surface area contributed by atoms with E-state index >= 15 is 0 Å². The van der Waals surface area contributed by atoms with Crippen molar-refractivity contribution in [2.75, 3.05) is 32.4 Å². The highest BCUT2D eigenvalue weighted by molar-refractivity contribution is 7.99. The van der Waals surface area contributed by atoms with Crippen LogP contribution in [0.15, 0.2) is 35.3 Å². The van der Waals surface area contributed by atoms with Gasteiger partial charge in [-0.1, -0.05) is 25.1 Å². The lowest BCUT2D eigenvalue weighted by Crippen LogP contribution is -2.47. The first-order valence-electron chi connectivity index (χ1n) is 8.50. The lowest BCUT2D eigenvalue weighted by Gasteiger charge is -2.34. The number of nitrogens with zero attached hydrogens (tertiary/aromatic N) is 2. The van der Waals surface area contributed by atoms with Crippen LogP contribution in [0.2, 0.25) is 0 Å². The Bertz CT molecular complexity index is 472. The van der Waals surface area contributed by atoms with Crippen LogP contribution in [0.5, 0.6) is 5.75 Å². The molecular weight excluding hydrogens is 306 g/mol. The molecule has 1 aliphatic heterocycles. The highest BCUT2D eigenvalue weighted by Crippen LogP contribution is 2.18. The van der Waals surface area contributed by atoms with Crippen LogP contribution >= 0.6 is 11.8 Å². The van der Waals surface area contributed by atoms with Crippen LogP contribution < -0.4 is 10.1 Å². The average Bonchev–Trinajstić information content (AvgIpc) is 2.60. The fraction of sp³-hybridized carbons (Fsp3) is 0.611. The molecule has 0 saturated carbocycles. The normalized spacial score (nSPS) is 17.9. The van der Waals surface area contributed by atoms with Gasteiger partial charge in [0.1, 0.15) is 11.9 Å². The highest BCUT2D eigenvalue weighted by Gasteiger charge is 2.22. The number of rotatable bonds is 6. The lowest BCUT2D eigenvalue weighted by atomic mass is 10.1. The van der Waals surface area contributed by atoms with Crippen molar-refractivity contribution in [3.8, 4) is 5.75 Å². The summed E-state index contributed by atoms with van der Waals surface area (Å²) in [5.74, 6) is 2.02. The fourth-order valence-electron chi connectivity index (χ4n) is 2.59. The minimum absolute atomic E-state index is 0.307. The van der Waals surface area contributed by atoms with Gasteiger partial charge in [0.2, 0.25) is 0 Å².